The number of carbonyl (C=O) groups excluding carboxylic acids is 2. The van der Waals surface area contributed by atoms with Gasteiger partial charge < -0.3 is 25.2 Å². The summed E-state index contributed by atoms with van der Waals surface area (Å²) in [4.78, 5) is 28.4. The van der Waals surface area contributed by atoms with E-state index in [9.17, 15) is 9.59 Å². The van der Waals surface area contributed by atoms with E-state index in [-0.39, 0.29) is 18.5 Å². The van der Waals surface area contributed by atoms with E-state index in [0.717, 1.165) is 13.0 Å². The highest BCUT2D eigenvalue weighted by Gasteiger charge is 2.25. The Morgan fingerprint density at radius 2 is 1.82 bits per heavy atom. The number of hydrogen-bond acceptors (Lipinski definition) is 4. The van der Waals surface area contributed by atoms with Gasteiger partial charge in [0, 0.05) is 22.9 Å². The first kappa shape index (κ1) is 20.0. The van der Waals surface area contributed by atoms with Crippen molar-refractivity contribution in [2.75, 3.05) is 49.3 Å². The number of carbonyl (C=O) groups is 2. The Labute approximate surface area is 169 Å². The lowest BCUT2D eigenvalue weighted by Crippen LogP contribution is -2.40. The van der Waals surface area contributed by atoms with Gasteiger partial charge in [0.05, 0.1) is 5.69 Å². The summed E-state index contributed by atoms with van der Waals surface area (Å²) in [6.07, 6.45) is 0.840. The molecule has 8 heteroatoms. The van der Waals surface area contributed by atoms with Crippen LogP contribution in [-0.2, 0) is 4.79 Å². The van der Waals surface area contributed by atoms with Gasteiger partial charge in [-0.2, -0.15) is 0 Å². The van der Waals surface area contributed by atoms with Crippen molar-refractivity contribution in [1.29, 1.82) is 0 Å². The van der Waals surface area contributed by atoms with Crippen molar-refractivity contribution in [2.24, 2.45) is 0 Å². The van der Waals surface area contributed by atoms with Crippen LogP contribution in [0.15, 0.2) is 42.5 Å². The number of urea groups is 1. The minimum atomic E-state index is -0.385. The number of benzene rings is 2. The summed E-state index contributed by atoms with van der Waals surface area (Å²) in [7, 11) is 3.99. The van der Waals surface area contributed by atoms with E-state index in [0.29, 0.717) is 34.4 Å². The fourth-order valence-electron chi connectivity index (χ4n) is 2.90. The van der Waals surface area contributed by atoms with E-state index in [1.165, 1.54) is 0 Å². The van der Waals surface area contributed by atoms with Crippen molar-refractivity contribution in [3.8, 4) is 5.75 Å². The van der Waals surface area contributed by atoms with Crippen LogP contribution in [0.3, 0.4) is 0 Å². The molecule has 2 aromatic carbocycles. The van der Waals surface area contributed by atoms with E-state index >= 15 is 0 Å². The highest BCUT2D eigenvalue weighted by molar-refractivity contribution is 6.30. The van der Waals surface area contributed by atoms with Crippen LogP contribution in [0.2, 0.25) is 5.02 Å². The number of anilines is 3. The zero-order valence-corrected chi connectivity index (χ0v) is 16.6. The number of halogens is 1. The summed E-state index contributed by atoms with van der Waals surface area (Å²) in [5.41, 5.74) is 1.86. The molecule has 1 heterocycles. The van der Waals surface area contributed by atoms with Crippen LogP contribution in [-0.4, -0.2) is 50.6 Å². The molecule has 0 spiro atoms. The SMILES string of the molecule is CN(C)CCCN1C(=O)COc2ccc(NC(=O)Nc3ccc(Cl)cc3)cc21. The van der Waals surface area contributed by atoms with Crippen molar-refractivity contribution >= 4 is 40.6 Å². The molecule has 0 saturated carbocycles. The molecular weight excluding hydrogens is 380 g/mol. The second-order valence-electron chi connectivity index (χ2n) is 6.76. The van der Waals surface area contributed by atoms with Gasteiger partial charge in [0.25, 0.3) is 5.91 Å². The minimum Gasteiger partial charge on any atom is -0.482 e. The fraction of sp³-hybridized carbons (Fsp3) is 0.300. The zero-order chi connectivity index (χ0) is 20.1. The first-order valence-electron chi connectivity index (χ1n) is 8.98. The minimum absolute atomic E-state index is 0.0266. The first-order valence-corrected chi connectivity index (χ1v) is 9.36. The van der Waals surface area contributed by atoms with E-state index in [4.69, 9.17) is 16.3 Å². The van der Waals surface area contributed by atoms with E-state index in [1.54, 1.807) is 47.4 Å². The molecule has 0 fully saturated rings. The predicted octanol–water partition coefficient (Wildman–Crippen LogP) is 3.66. The standard InChI is InChI=1S/C20H23ClN4O3/c1-24(2)10-3-11-25-17-12-16(8-9-18(17)28-13-19(25)26)23-20(27)22-15-6-4-14(21)5-7-15/h4-9,12H,3,10-11,13H2,1-2H3,(H2,22,23,27). The fourth-order valence-corrected chi connectivity index (χ4v) is 3.02. The van der Waals surface area contributed by atoms with E-state index < -0.39 is 0 Å². The van der Waals surface area contributed by atoms with Crippen LogP contribution in [0.4, 0.5) is 21.9 Å². The number of nitrogens with zero attached hydrogens (tertiary/aromatic N) is 2. The molecule has 0 aliphatic carbocycles. The lowest BCUT2D eigenvalue weighted by Gasteiger charge is -2.30. The third kappa shape index (κ3) is 5.15. The van der Waals surface area contributed by atoms with Crippen LogP contribution in [0.5, 0.6) is 5.75 Å². The van der Waals surface area contributed by atoms with Crippen molar-refractivity contribution < 1.29 is 14.3 Å². The van der Waals surface area contributed by atoms with Gasteiger partial charge in [0.15, 0.2) is 6.61 Å². The molecule has 3 rings (SSSR count). The molecule has 3 amide bonds. The number of ether oxygens (including phenoxy) is 1. The lowest BCUT2D eigenvalue weighted by molar-refractivity contribution is -0.121. The van der Waals surface area contributed by atoms with Crippen LogP contribution >= 0.6 is 11.6 Å². The molecule has 7 nitrogen and oxygen atoms in total. The Hall–Kier alpha value is -2.77. The van der Waals surface area contributed by atoms with Crippen LogP contribution in [0, 0.1) is 0 Å². The van der Waals surface area contributed by atoms with E-state index in [1.807, 2.05) is 14.1 Å². The van der Waals surface area contributed by atoms with Gasteiger partial charge in [-0.15, -0.1) is 0 Å². The quantitative estimate of drug-likeness (QED) is 0.773. The average molecular weight is 403 g/mol. The van der Waals surface area contributed by atoms with Gasteiger partial charge in [0.1, 0.15) is 5.75 Å². The van der Waals surface area contributed by atoms with Crippen molar-refractivity contribution in [1.82, 2.24) is 4.90 Å². The molecule has 0 radical (unpaired) electrons. The van der Waals surface area contributed by atoms with Gasteiger partial charge in [-0.3, -0.25) is 4.79 Å². The Kier molecular flexibility index (Phi) is 6.38. The molecule has 148 valence electrons. The van der Waals surface area contributed by atoms with E-state index in [2.05, 4.69) is 15.5 Å². The zero-order valence-electron chi connectivity index (χ0n) is 15.9. The summed E-state index contributed by atoms with van der Waals surface area (Å²) in [6.45, 7) is 1.49. The lowest BCUT2D eigenvalue weighted by atomic mass is 10.2. The second kappa shape index (κ2) is 8.95. The third-order valence-electron chi connectivity index (χ3n) is 4.25. The predicted molar refractivity (Wildman–Crippen MR) is 112 cm³/mol. The van der Waals surface area contributed by atoms with Crippen LogP contribution in [0.1, 0.15) is 6.42 Å². The van der Waals surface area contributed by atoms with Crippen molar-refractivity contribution in [3.63, 3.8) is 0 Å². The van der Waals surface area contributed by atoms with Gasteiger partial charge in [-0.1, -0.05) is 11.6 Å². The third-order valence-corrected chi connectivity index (χ3v) is 4.50. The molecule has 0 unspecified atom stereocenters. The number of hydrogen-bond donors (Lipinski definition) is 2. The smallest absolute Gasteiger partial charge is 0.323 e. The number of amides is 3. The maximum absolute atomic E-state index is 12.3. The summed E-state index contributed by atoms with van der Waals surface area (Å²) in [6, 6.07) is 11.7. The highest BCUT2D eigenvalue weighted by Crippen LogP contribution is 2.34. The Morgan fingerprint density at radius 1 is 1.14 bits per heavy atom. The summed E-state index contributed by atoms with van der Waals surface area (Å²) in [5, 5.41) is 6.12. The topological polar surface area (TPSA) is 73.9 Å². The molecule has 1 aliphatic heterocycles. The Bertz CT molecular complexity index is 855. The van der Waals surface area contributed by atoms with Gasteiger partial charge >= 0.3 is 6.03 Å². The Balaban J connectivity index is 1.70. The molecule has 2 N–H and O–H groups in total. The number of rotatable bonds is 6. The number of nitrogens with one attached hydrogen (secondary N) is 2. The number of fused-ring (bicyclic) bond motifs is 1. The van der Waals surface area contributed by atoms with Crippen molar-refractivity contribution in [2.45, 2.75) is 6.42 Å². The van der Waals surface area contributed by atoms with Crippen molar-refractivity contribution in [3.05, 3.63) is 47.5 Å². The molecule has 0 aromatic heterocycles. The van der Waals surface area contributed by atoms with Crippen LogP contribution in [0.25, 0.3) is 0 Å². The second-order valence-corrected chi connectivity index (χ2v) is 7.20. The molecule has 28 heavy (non-hydrogen) atoms. The van der Waals surface area contributed by atoms with Gasteiger partial charge in [0.2, 0.25) is 0 Å². The molecular formula is C20H23ClN4O3. The monoisotopic (exact) mass is 402 g/mol. The largest absolute Gasteiger partial charge is 0.482 e. The first-order chi connectivity index (χ1) is 13.4. The Morgan fingerprint density at radius 3 is 2.54 bits per heavy atom. The maximum Gasteiger partial charge on any atom is 0.323 e. The summed E-state index contributed by atoms with van der Waals surface area (Å²) in [5.74, 6) is 0.544. The van der Waals surface area contributed by atoms with Crippen LogP contribution < -0.4 is 20.3 Å². The average Bonchev–Trinajstić information content (AvgIpc) is 2.65. The molecule has 0 bridgehead atoms. The molecule has 0 atom stereocenters. The summed E-state index contributed by atoms with van der Waals surface area (Å²) >= 11 is 5.85. The molecule has 1 aliphatic rings. The normalized spacial score (nSPS) is 13.1. The highest BCUT2D eigenvalue weighted by atomic mass is 35.5. The van der Waals surface area contributed by atoms with Gasteiger partial charge in [-0.25, -0.2) is 4.79 Å². The maximum atomic E-state index is 12.3. The van der Waals surface area contributed by atoms with Gasteiger partial charge in [-0.05, 0) is 69.5 Å². The molecule has 2 aromatic rings. The molecule has 0 saturated heterocycles. The summed E-state index contributed by atoms with van der Waals surface area (Å²) < 4.78 is 5.52.